The lowest BCUT2D eigenvalue weighted by molar-refractivity contribution is -0.385. The Balaban J connectivity index is 2.58. The zero-order valence-corrected chi connectivity index (χ0v) is 14.2. The van der Waals surface area contributed by atoms with Crippen LogP contribution in [0.15, 0.2) is 45.7 Å². The summed E-state index contributed by atoms with van der Waals surface area (Å²) in [6, 6.07) is 9.97. The van der Waals surface area contributed by atoms with E-state index in [2.05, 4.69) is 4.36 Å². The van der Waals surface area contributed by atoms with Gasteiger partial charge in [-0.25, -0.2) is 4.21 Å². The SMILES string of the molecule is COc1cccc(S(C)(=O)=Nc2cc(C)c([N+](=O)[O-])cc2C)c1. The van der Waals surface area contributed by atoms with Gasteiger partial charge < -0.3 is 4.74 Å². The van der Waals surface area contributed by atoms with E-state index in [1.165, 1.54) is 19.4 Å². The molecule has 0 spiro atoms. The third kappa shape index (κ3) is 3.68. The number of hydrogen-bond acceptors (Lipinski definition) is 5. The summed E-state index contributed by atoms with van der Waals surface area (Å²) in [5, 5.41) is 11.0. The normalized spacial score (nSPS) is 13.2. The largest absolute Gasteiger partial charge is 0.497 e. The van der Waals surface area contributed by atoms with Crippen LogP contribution in [0, 0.1) is 24.0 Å². The van der Waals surface area contributed by atoms with Crippen LogP contribution in [-0.2, 0) is 9.73 Å². The first-order chi connectivity index (χ1) is 10.7. The minimum absolute atomic E-state index is 0.0328. The molecule has 0 aliphatic heterocycles. The average molecular weight is 334 g/mol. The van der Waals surface area contributed by atoms with E-state index in [1.807, 2.05) is 0 Å². The summed E-state index contributed by atoms with van der Waals surface area (Å²) < 4.78 is 22.4. The van der Waals surface area contributed by atoms with Crippen molar-refractivity contribution in [1.82, 2.24) is 0 Å². The predicted octanol–water partition coefficient (Wildman–Crippen LogP) is 4.01. The highest BCUT2D eigenvalue weighted by atomic mass is 32.2. The van der Waals surface area contributed by atoms with Gasteiger partial charge in [-0.2, -0.15) is 4.36 Å². The molecule has 1 atom stereocenters. The second-order valence-electron chi connectivity index (χ2n) is 5.26. The lowest BCUT2D eigenvalue weighted by atomic mass is 10.1. The molecule has 0 fully saturated rings. The highest BCUT2D eigenvalue weighted by Gasteiger charge is 2.15. The monoisotopic (exact) mass is 334 g/mol. The summed E-state index contributed by atoms with van der Waals surface area (Å²) in [6.07, 6.45) is 1.54. The zero-order chi connectivity index (χ0) is 17.2. The second kappa shape index (κ2) is 6.37. The smallest absolute Gasteiger partial charge is 0.272 e. The first-order valence-electron chi connectivity index (χ1n) is 6.86. The van der Waals surface area contributed by atoms with Gasteiger partial charge in [0.25, 0.3) is 5.69 Å². The third-order valence-corrected chi connectivity index (χ3v) is 5.14. The Hall–Kier alpha value is -2.41. The molecule has 0 amide bonds. The number of aryl methyl sites for hydroxylation is 2. The van der Waals surface area contributed by atoms with Crippen LogP contribution in [-0.4, -0.2) is 22.5 Å². The molecule has 0 aliphatic rings. The van der Waals surface area contributed by atoms with Gasteiger partial charge in [0.2, 0.25) is 0 Å². The maximum atomic E-state index is 13.0. The van der Waals surface area contributed by atoms with Crippen LogP contribution in [0.3, 0.4) is 0 Å². The van der Waals surface area contributed by atoms with Gasteiger partial charge >= 0.3 is 0 Å². The first-order valence-corrected chi connectivity index (χ1v) is 8.79. The molecule has 0 saturated heterocycles. The Morgan fingerprint density at radius 1 is 1.17 bits per heavy atom. The molecular formula is C16H18N2O4S. The van der Waals surface area contributed by atoms with Crippen molar-refractivity contribution in [3.63, 3.8) is 0 Å². The third-order valence-electron chi connectivity index (χ3n) is 3.46. The number of methoxy groups -OCH3 is 1. The Kier molecular flexibility index (Phi) is 4.70. The van der Waals surface area contributed by atoms with Crippen molar-refractivity contribution in [2.75, 3.05) is 13.4 Å². The number of benzene rings is 2. The van der Waals surface area contributed by atoms with Crippen molar-refractivity contribution < 1.29 is 13.9 Å². The van der Waals surface area contributed by atoms with E-state index in [0.717, 1.165) is 0 Å². The van der Waals surface area contributed by atoms with Crippen LogP contribution in [0.1, 0.15) is 11.1 Å². The van der Waals surface area contributed by atoms with Gasteiger partial charge in [-0.15, -0.1) is 0 Å². The predicted molar refractivity (Wildman–Crippen MR) is 90.0 cm³/mol. The number of nitro groups is 1. The number of nitrogens with zero attached hydrogens (tertiary/aromatic N) is 2. The summed E-state index contributed by atoms with van der Waals surface area (Å²) in [5.74, 6) is 0.601. The Bertz CT molecular complexity index is 884. The molecule has 7 heteroatoms. The average Bonchev–Trinajstić information content (AvgIpc) is 2.50. The van der Waals surface area contributed by atoms with Gasteiger partial charge in [0, 0.05) is 17.9 Å². The molecule has 1 unspecified atom stereocenters. The highest BCUT2D eigenvalue weighted by molar-refractivity contribution is 7.93. The summed E-state index contributed by atoms with van der Waals surface area (Å²) in [7, 11) is -1.15. The Morgan fingerprint density at radius 3 is 2.48 bits per heavy atom. The molecule has 6 nitrogen and oxygen atoms in total. The van der Waals surface area contributed by atoms with Crippen LogP contribution in [0.25, 0.3) is 0 Å². The molecule has 0 bridgehead atoms. The number of rotatable bonds is 4. The lowest BCUT2D eigenvalue weighted by Gasteiger charge is -2.09. The van der Waals surface area contributed by atoms with Crippen LogP contribution >= 0.6 is 0 Å². The van der Waals surface area contributed by atoms with E-state index in [0.29, 0.717) is 27.5 Å². The highest BCUT2D eigenvalue weighted by Crippen LogP contribution is 2.30. The molecule has 0 heterocycles. The molecule has 2 aromatic carbocycles. The van der Waals surface area contributed by atoms with E-state index in [9.17, 15) is 14.3 Å². The number of hydrogen-bond donors (Lipinski definition) is 0. The van der Waals surface area contributed by atoms with Crippen LogP contribution in [0.4, 0.5) is 11.4 Å². The molecule has 0 aliphatic carbocycles. The van der Waals surface area contributed by atoms with Crippen molar-refractivity contribution in [2.24, 2.45) is 4.36 Å². The van der Waals surface area contributed by atoms with Crippen molar-refractivity contribution in [2.45, 2.75) is 18.7 Å². The molecule has 0 N–H and O–H groups in total. The van der Waals surface area contributed by atoms with E-state index in [4.69, 9.17) is 4.74 Å². The van der Waals surface area contributed by atoms with Gasteiger partial charge in [-0.3, -0.25) is 10.1 Å². The molecule has 23 heavy (non-hydrogen) atoms. The summed E-state index contributed by atoms with van der Waals surface area (Å²) in [6.45, 7) is 3.35. The van der Waals surface area contributed by atoms with E-state index < -0.39 is 14.7 Å². The lowest BCUT2D eigenvalue weighted by Crippen LogP contribution is -1.98. The first kappa shape index (κ1) is 17.0. The van der Waals surface area contributed by atoms with E-state index in [1.54, 1.807) is 44.2 Å². The Labute approximate surface area is 135 Å². The number of ether oxygens (including phenoxy) is 1. The minimum Gasteiger partial charge on any atom is -0.497 e. The standard InChI is InChI=1S/C16H18N2O4S/c1-11-9-16(18(19)20)12(2)8-15(11)17-23(4,21)14-7-5-6-13(10-14)22-3/h5-10H,1-4H3. The number of nitro benzene ring substituents is 1. The van der Waals surface area contributed by atoms with Crippen molar-refractivity contribution in [3.05, 3.63) is 57.6 Å². The summed E-state index contributed by atoms with van der Waals surface area (Å²) >= 11 is 0. The molecule has 0 aromatic heterocycles. The second-order valence-corrected chi connectivity index (χ2v) is 7.51. The summed E-state index contributed by atoms with van der Waals surface area (Å²) in [5.41, 5.74) is 1.62. The fourth-order valence-electron chi connectivity index (χ4n) is 2.16. The molecule has 0 saturated carbocycles. The van der Waals surface area contributed by atoms with Gasteiger partial charge in [0.1, 0.15) is 5.75 Å². The Morgan fingerprint density at radius 2 is 1.87 bits per heavy atom. The zero-order valence-electron chi connectivity index (χ0n) is 13.4. The van der Waals surface area contributed by atoms with Gasteiger partial charge in [0.05, 0.1) is 32.3 Å². The van der Waals surface area contributed by atoms with Crippen LogP contribution < -0.4 is 4.74 Å². The topological polar surface area (TPSA) is 81.8 Å². The molecule has 0 radical (unpaired) electrons. The van der Waals surface area contributed by atoms with Crippen LogP contribution in [0.2, 0.25) is 0 Å². The molecule has 2 rings (SSSR count). The van der Waals surface area contributed by atoms with Crippen LogP contribution in [0.5, 0.6) is 5.75 Å². The van der Waals surface area contributed by atoms with E-state index in [-0.39, 0.29) is 5.69 Å². The maximum absolute atomic E-state index is 13.0. The fourth-order valence-corrected chi connectivity index (χ4v) is 3.50. The van der Waals surface area contributed by atoms with Gasteiger partial charge in [0.15, 0.2) is 0 Å². The molecular weight excluding hydrogens is 316 g/mol. The van der Waals surface area contributed by atoms with Crippen molar-refractivity contribution in [3.8, 4) is 5.75 Å². The fraction of sp³-hybridized carbons (Fsp3) is 0.250. The van der Waals surface area contributed by atoms with Crippen molar-refractivity contribution >= 4 is 21.1 Å². The van der Waals surface area contributed by atoms with Gasteiger partial charge in [-0.05, 0) is 43.7 Å². The van der Waals surface area contributed by atoms with E-state index >= 15 is 0 Å². The summed E-state index contributed by atoms with van der Waals surface area (Å²) in [4.78, 5) is 11.1. The molecule has 2 aromatic rings. The van der Waals surface area contributed by atoms with Gasteiger partial charge in [-0.1, -0.05) is 6.07 Å². The quantitative estimate of drug-likeness (QED) is 0.625. The molecule has 122 valence electrons. The maximum Gasteiger partial charge on any atom is 0.272 e. The minimum atomic E-state index is -2.69. The van der Waals surface area contributed by atoms with Crippen molar-refractivity contribution in [1.29, 1.82) is 0 Å².